The number of nitrogens with zero attached hydrogens (tertiary/aromatic N) is 6. The van der Waals surface area contributed by atoms with Gasteiger partial charge in [-0.05, 0) is 0 Å². The molecule has 0 saturated carbocycles. The van der Waals surface area contributed by atoms with Gasteiger partial charge in [0.15, 0.2) is 5.82 Å². The van der Waals surface area contributed by atoms with Crippen molar-refractivity contribution in [2.24, 2.45) is 0 Å². The summed E-state index contributed by atoms with van der Waals surface area (Å²) in [6.07, 6.45) is 0. The second-order valence-electron chi connectivity index (χ2n) is 6.64. The van der Waals surface area contributed by atoms with Crippen molar-refractivity contribution in [3.05, 3.63) is 17.5 Å². The van der Waals surface area contributed by atoms with Crippen LogP contribution in [0.1, 0.15) is 38.3 Å². The van der Waals surface area contributed by atoms with Crippen molar-refractivity contribution in [3.8, 4) is 0 Å². The summed E-state index contributed by atoms with van der Waals surface area (Å²) in [6, 6.07) is 0. The summed E-state index contributed by atoms with van der Waals surface area (Å²) >= 11 is 1.50. The summed E-state index contributed by atoms with van der Waals surface area (Å²) in [5, 5.41) is 4.98. The van der Waals surface area contributed by atoms with Gasteiger partial charge in [0.2, 0.25) is 11.0 Å². The predicted molar refractivity (Wildman–Crippen MR) is 85.1 cm³/mol. The molecule has 1 aliphatic rings. The van der Waals surface area contributed by atoms with Crippen molar-refractivity contribution >= 4 is 16.7 Å². The van der Waals surface area contributed by atoms with Crippen LogP contribution in [0.3, 0.4) is 0 Å². The van der Waals surface area contributed by atoms with E-state index >= 15 is 0 Å². The molecule has 0 aliphatic carbocycles. The number of aromatic nitrogens is 4. The van der Waals surface area contributed by atoms with Gasteiger partial charge in [0, 0.05) is 50.1 Å². The molecule has 0 radical (unpaired) electrons. The maximum Gasteiger partial charge on any atom is 0.223 e. The van der Waals surface area contributed by atoms with E-state index in [0.29, 0.717) is 5.89 Å². The zero-order chi connectivity index (χ0) is 15.7. The molecule has 22 heavy (non-hydrogen) atoms. The van der Waals surface area contributed by atoms with E-state index < -0.39 is 0 Å². The molecule has 0 aromatic carbocycles. The molecule has 3 rings (SSSR count). The Morgan fingerprint density at radius 2 is 1.86 bits per heavy atom. The minimum atomic E-state index is 0.00700. The van der Waals surface area contributed by atoms with Crippen LogP contribution in [0, 0.1) is 6.92 Å². The van der Waals surface area contributed by atoms with Crippen LogP contribution >= 0.6 is 11.5 Å². The number of aryl methyl sites for hydroxylation is 1. The molecule has 120 valence electrons. The molecule has 0 spiro atoms. The lowest BCUT2D eigenvalue weighted by atomic mass is 9.96. The Balaban J connectivity index is 1.56. The quantitative estimate of drug-likeness (QED) is 0.854. The molecule has 2 aromatic rings. The third kappa shape index (κ3) is 3.44. The van der Waals surface area contributed by atoms with Crippen molar-refractivity contribution in [2.75, 3.05) is 31.1 Å². The van der Waals surface area contributed by atoms with Crippen molar-refractivity contribution in [3.63, 3.8) is 0 Å². The summed E-state index contributed by atoms with van der Waals surface area (Å²) in [7, 11) is 0. The highest BCUT2D eigenvalue weighted by atomic mass is 32.1. The predicted octanol–water partition coefficient (Wildman–Crippen LogP) is 1.85. The van der Waals surface area contributed by atoms with Gasteiger partial charge in [-0.15, -0.1) is 0 Å². The lowest BCUT2D eigenvalue weighted by molar-refractivity contribution is 0.240. The third-order valence-corrected chi connectivity index (χ3v) is 4.44. The maximum atomic E-state index is 5.02. The fourth-order valence-corrected chi connectivity index (χ4v) is 3.26. The number of hydrogen-bond donors (Lipinski definition) is 0. The van der Waals surface area contributed by atoms with Crippen molar-refractivity contribution < 1.29 is 4.52 Å². The van der Waals surface area contributed by atoms with Crippen molar-refractivity contribution in [2.45, 2.75) is 39.7 Å². The summed E-state index contributed by atoms with van der Waals surface area (Å²) in [5.41, 5.74) is 0.00700. The van der Waals surface area contributed by atoms with Gasteiger partial charge in [0.25, 0.3) is 0 Å². The van der Waals surface area contributed by atoms with Crippen LogP contribution in [-0.4, -0.2) is 50.6 Å². The second-order valence-corrected chi connectivity index (χ2v) is 7.37. The molecule has 1 fully saturated rings. The number of hydrogen-bond acceptors (Lipinski definition) is 8. The molecular weight excluding hydrogens is 300 g/mol. The average molecular weight is 322 g/mol. The van der Waals surface area contributed by atoms with Gasteiger partial charge >= 0.3 is 0 Å². The van der Waals surface area contributed by atoms with E-state index in [1.807, 2.05) is 6.92 Å². The number of rotatable bonds is 3. The monoisotopic (exact) mass is 322 g/mol. The lowest BCUT2D eigenvalue weighted by Gasteiger charge is -2.33. The van der Waals surface area contributed by atoms with Gasteiger partial charge in [0.1, 0.15) is 5.82 Å². The molecule has 0 atom stereocenters. The van der Waals surface area contributed by atoms with Crippen LogP contribution in [0.15, 0.2) is 4.52 Å². The summed E-state index contributed by atoms with van der Waals surface area (Å²) in [6.45, 7) is 12.8. The largest absolute Gasteiger partial charge is 0.344 e. The molecule has 1 saturated heterocycles. The Kier molecular flexibility index (Phi) is 4.14. The Labute approximate surface area is 134 Å². The standard InChI is InChI=1S/C14H22N6OS/c1-10-15-11(17-21-10)9-19-5-7-20(8-6-19)13-16-12(18-22-13)14(2,3)4/h5-9H2,1-4H3. The van der Waals surface area contributed by atoms with Gasteiger partial charge in [-0.2, -0.15) is 9.36 Å². The van der Waals surface area contributed by atoms with Crippen molar-refractivity contribution in [1.29, 1.82) is 0 Å². The number of anilines is 1. The Morgan fingerprint density at radius 3 is 2.41 bits per heavy atom. The van der Waals surface area contributed by atoms with Crippen LogP contribution in [-0.2, 0) is 12.0 Å². The van der Waals surface area contributed by atoms with E-state index in [0.717, 1.165) is 49.5 Å². The lowest BCUT2D eigenvalue weighted by Crippen LogP contribution is -2.46. The molecule has 0 bridgehead atoms. The number of piperazine rings is 1. The van der Waals surface area contributed by atoms with E-state index in [-0.39, 0.29) is 5.41 Å². The van der Waals surface area contributed by atoms with Crippen LogP contribution in [0.25, 0.3) is 0 Å². The van der Waals surface area contributed by atoms with Crippen molar-refractivity contribution in [1.82, 2.24) is 24.4 Å². The molecule has 1 aliphatic heterocycles. The minimum Gasteiger partial charge on any atom is -0.344 e. The highest BCUT2D eigenvalue weighted by Gasteiger charge is 2.24. The first-order valence-corrected chi connectivity index (χ1v) is 8.30. The van der Waals surface area contributed by atoms with E-state index in [9.17, 15) is 0 Å². The fourth-order valence-electron chi connectivity index (χ4n) is 2.35. The normalized spacial score (nSPS) is 17.2. The molecule has 2 aromatic heterocycles. The molecular formula is C14H22N6OS. The zero-order valence-electron chi connectivity index (χ0n) is 13.5. The van der Waals surface area contributed by atoms with E-state index in [1.165, 1.54) is 11.5 Å². The van der Waals surface area contributed by atoms with Gasteiger partial charge in [-0.3, -0.25) is 4.90 Å². The second kappa shape index (κ2) is 5.92. The SMILES string of the molecule is Cc1nc(CN2CCN(c3nc(C(C)(C)C)ns3)CC2)no1. The third-order valence-electron chi connectivity index (χ3n) is 3.66. The van der Waals surface area contributed by atoms with Crippen LogP contribution < -0.4 is 4.90 Å². The van der Waals surface area contributed by atoms with Crippen LogP contribution in [0.4, 0.5) is 5.13 Å². The van der Waals surface area contributed by atoms with Gasteiger partial charge in [-0.1, -0.05) is 25.9 Å². The van der Waals surface area contributed by atoms with E-state index in [2.05, 4.69) is 45.1 Å². The molecule has 0 N–H and O–H groups in total. The van der Waals surface area contributed by atoms with Crippen LogP contribution in [0.5, 0.6) is 0 Å². The van der Waals surface area contributed by atoms with Gasteiger partial charge < -0.3 is 9.42 Å². The summed E-state index contributed by atoms with van der Waals surface area (Å²) < 4.78 is 9.51. The maximum absolute atomic E-state index is 5.02. The minimum absolute atomic E-state index is 0.00700. The first-order valence-electron chi connectivity index (χ1n) is 7.52. The molecule has 7 nitrogen and oxygen atoms in total. The summed E-state index contributed by atoms with van der Waals surface area (Å²) in [5.74, 6) is 2.31. The van der Waals surface area contributed by atoms with E-state index in [1.54, 1.807) is 0 Å². The molecule has 0 unspecified atom stereocenters. The first kappa shape index (κ1) is 15.4. The topological polar surface area (TPSA) is 71.2 Å². The first-order chi connectivity index (χ1) is 10.4. The smallest absolute Gasteiger partial charge is 0.223 e. The molecule has 3 heterocycles. The Bertz CT molecular complexity index is 623. The average Bonchev–Trinajstić information content (AvgIpc) is 3.08. The Morgan fingerprint density at radius 1 is 1.14 bits per heavy atom. The summed E-state index contributed by atoms with van der Waals surface area (Å²) in [4.78, 5) is 13.6. The zero-order valence-corrected chi connectivity index (χ0v) is 14.4. The Hall–Kier alpha value is -1.54. The van der Waals surface area contributed by atoms with Gasteiger partial charge in [0.05, 0.1) is 6.54 Å². The molecule has 0 amide bonds. The molecule has 8 heteroatoms. The van der Waals surface area contributed by atoms with Crippen LogP contribution in [0.2, 0.25) is 0 Å². The highest BCUT2D eigenvalue weighted by molar-refractivity contribution is 7.09. The van der Waals surface area contributed by atoms with E-state index in [4.69, 9.17) is 9.51 Å². The fraction of sp³-hybridized carbons (Fsp3) is 0.714. The highest BCUT2D eigenvalue weighted by Crippen LogP contribution is 2.26. The van der Waals surface area contributed by atoms with Gasteiger partial charge in [-0.25, -0.2) is 4.98 Å².